The molecule has 0 unspecified atom stereocenters. The third kappa shape index (κ3) is 5.50. The Morgan fingerprint density at radius 2 is 2.00 bits per heavy atom. The molecule has 0 aliphatic carbocycles. The van der Waals surface area contributed by atoms with Crippen LogP contribution in [0.5, 0.6) is 0 Å². The number of carboxylic acids is 1. The summed E-state index contributed by atoms with van der Waals surface area (Å²) in [7, 11) is 0. The van der Waals surface area contributed by atoms with Crippen LogP contribution in [0.4, 0.5) is 8.78 Å². The molecule has 3 aromatic rings. The molecule has 2 heterocycles. The molecule has 0 saturated heterocycles. The molecule has 0 bridgehead atoms. The number of carbonyl (C=O) groups excluding carboxylic acids is 1. The van der Waals surface area contributed by atoms with Gasteiger partial charge in [-0.2, -0.15) is 0 Å². The van der Waals surface area contributed by atoms with Crippen LogP contribution in [0.1, 0.15) is 27.0 Å². The Labute approximate surface area is 199 Å². The van der Waals surface area contributed by atoms with Gasteiger partial charge < -0.3 is 15.3 Å². The predicted octanol–water partition coefficient (Wildman–Crippen LogP) is 3.42. The fourth-order valence-corrected chi connectivity index (χ4v) is 3.59. The lowest BCUT2D eigenvalue weighted by molar-refractivity contribution is -0.117. The lowest BCUT2D eigenvalue weighted by atomic mass is 10.0. The van der Waals surface area contributed by atoms with Gasteiger partial charge in [0.15, 0.2) is 11.6 Å². The molecule has 2 N–H and O–H groups in total. The summed E-state index contributed by atoms with van der Waals surface area (Å²) in [4.78, 5) is 33.7. The summed E-state index contributed by atoms with van der Waals surface area (Å²) in [6.07, 6.45) is 4.30. The number of fused-ring (bicyclic) bond motifs is 1. The van der Waals surface area contributed by atoms with Crippen LogP contribution < -0.4 is 5.32 Å². The van der Waals surface area contributed by atoms with Crippen molar-refractivity contribution in [1.29, 1.82) is 0 Å². The topological polar surface area (TPSA) is 94.9 Å². The van der Waals surface area contributed by atoms with Gasteiger partial charge in [0.05, 0.1) is 36.1 Å². The van der Waals surface area contributed by atoms with Crippen molar-refractivity contribution in [3.8, 4) is 11.8 Å². The highest BCUT2D eigenvalue weighted by atomic mass is 19.2. The number of nitrogens with zero attached hydrogens (tertiary/aromatic N) is 3. The third-order valence-corrected chi connectivity index (χ3v) is 5.44. The highest BCUT2D eigenvalue weighted by molar-refractivity contribution is 5.95. The molecular formula is C26H20F2N4O3. The zero-order valence-electron chi connectivity index (χ0n) is 18.7. The zero-order chi connectivity index (χ0) is 24.9. The van der Waals surface area contributed by atoms with Crippen LogP contribution in [-0.2, 0) is 11.3 Å². The molecule has 4 rings (SSSR count). The maximum Gasteiger partial charge on any atom is 0.337 e. The molecule has 1 aromatic heterocycles. The van der Waals surface area contributed by atoms with Gasteiger partial charge in [-0.05, 0) is 48.4 Å². The van der Waals surface area contributed by atoms with E-state index in [1.54, 1.807) is 23.1 Å². The summed E-state index contributed by atoms with van der Waals surface area (Å²) in [6.45, 7) is 2.45. The first-order chi connectivity index (χ1) is 16.8. The van der Waals surface area contributed by atoms with E-state index in [0.717, 1.165) is 17.7 Å². The van der Waals surface area contributed by atoms with Crippen molar-refractivity contribution in [2.45, 2.75) is 13.5 Å². The molecule has 0 radical (unpaired) electrons. The van der Waals surface area contributed by atoms with E-state index >= 15 is 0 Å². The SMILES string of the molecule is Cc1c(C#CCNC(=O)C2=CN=CN(Cc3ccc(F)c(F)c3)C2)ccc2ncc(C(=O)O)cc12. The van der Waals surface area contributed by atoms with Crippen molar-refractivity contribution >= 4 is 29.1 Å². The van der Waals surface area contributed by atoms with E-state index in [0.29, 0.717) is 27.6 Å². The lowest BCUT2D eigenvalue weighted by Gasteiger charge is -2.23. The second-order valence-electron chi connectivity index (χ2n) is 7.89. The fraction of sp³-hybridized carbons (Fsp3) is 0.154. The van der Waals surface area contributed by atoms with Gasteiger partial charge in [0.25, 0.3) is 5.91 Å². The van der Waals surface area contributed by atoms with Crippen LogP contribution in [0.2, 0.25) is 0 Å². The first-order valence-corrected chi connectivity index (χ1v) is 10.6. The largest absolute Gasteiger partial charge is 0.478 e. The number of pyridine rings is 1. The van der Waals surface area contributed by atoms with Crippen molar-refractivity contribution in [2.24, 2.45) is 4.99 Å². The molecule has 7 nitrogen and oxygen atoms in total. The minimum atomic E-state index is -1.05. The van der Waals surface area contributed by atoms with Crippen LogP contribution >= 0.6 is 0 Å². The first-order valence-electron chi connectivity index (χ1n) is 10.6. The quantitative estimate of drug-likeness (QED) is 0.553. The number of aliphatic imine (C=N–C) groups is 1. The molecule has 176 valence electrons. The minimum absolute atomic E-state index is 0.0912. The van der Waals surface area contributed by atoms with Crippen LogP contribution in [0.3, 0.4) is 0 Å². The highest BCUT2D eigenvalue weighted by Crippen LogP contribution is 2.21. The van der Waals surface area contributed by atoms with E-state index in [1.807, 2.05) is 6.92 Å². The molecule has 0 spiro atoms. The van der Waals surface area contributed by atoms with Gasteiger partial charge in [-0.25, -0.2) is 18.6 Å². The summed E-state index contributed by atoms with van der Waals surface area (Å²) in [6, 6.07) is 8.79. The number of nitrogens with one attached hydrogen (secondary N) is 1. The number of carbonyl (C=O) groups is 2. The highest BCUT2D eigenvalue weighted by Gasteiger charge is 2.16. The van der Waals surface area contributed by atoms with Crippen molar-refractivity contribution in [3.63, 3.8) is 0 Å². The molecule has 0 atom stereocenters. The second-order valence-corrected chi connectivity index (χ2v) is 7.89. The number of aryl methyl sites for hydroxylation is 1. The fourth-order valence-electron chi connectivity index (χ4n) is 3.59. The van der Waals surface area contributed by atoms with E-state index in [1.165, 1.54) is 24.8 Å². The Morgan fingerprint density at radius 3 is 2.77 bits per heavy atom. The average molecular weight is 474 g/mol. The number of carboxylic acid groups (broad SMARTS) is 1. The Hall–Kier alpha value is -4.58. The van der Waals surface area contributed by atoms with Gasteiger partial charge in [0.1, 0.15) is 0 Å². The number of hydrogen-bond donors (Lipinski definition) is 2. The predicted molar refractivity (Wildman–Crippen MR) is 127 cm³/mol. The van der Waals surface area contributed by atoms with E-state index in [-0.39, 0.29) is 31.1 Å². The normalized spacial score (nSPS) is 12.7. The Morgan fingerprint density at radius 1 is 1.17 bits per heavy atom. The van der Waals surface area contributed by atoms with Gasteiger partial charge in [-0.15, -0.1) is 0 Å². The van der Waals surface area contributed by atoms with Crippen LogP contribution in [0, 0.1) is 30.4 Å². The number of amides is 1. The maximum atomic E-state index is 13.4. The molecular weight excluding hydrogens is 454 g/mol. The van der Waals surface area contributed by atoms with Crippen LogP contribution in [0.25, 0.3) is 10.9 Å². The standard InChI is InChI=1S/C26H20F2N4O3/c1-16-18(5-7-24-21(16)10-19(12-31-24)26(34)35)3-2-8-30-25(33)20-11-29-15-32(14-20)13-17-4-6-22(27)23(28)9-17/h4-7,9-12,15H,8,13-14H2,1H3,(H,30,33)(H,34,35). The Kier molecular flexibility index (Phi) is 6.83. The molecule has 1 amide bonds. The number of rotatable bonds is 5. The molecule has 0 fully saturated rings. The number of halogens is 2. The third-order valence-electron chi connectivity index (χ3n) is 5.44. The van der Waals surface area contributed by atoms with Crippen molar-refractivity contribution < 1.29 is 23.5 Å². The molecule has 0 saturated carbocycles. The van der Waals surface area contributed by atoms with Gasteiger partial charge in [-0.3, -0.25) is 9.78 Å². The zero-order valence-corrected chi connectivity index (χ0v) is 18.7. The van der Waals surface area contributed by atoms with Crippen molar-refractivity contribution in [1.82, 2.24) is 15.2 Å². The van der Waals surface area contributed by atoms with Crippen molar-refractivity contribution in [2.75, 3.05) is 13.1 Å². The monoisotopic (exact) mass is 474 g/mol. The Balaban J connectivity index is 1.37. The molecule has 1 aliphatic rings. The molecule has 9 heteroatoms. The number of benzene rings is 2. The number of aromatic nitrogens is 1. The summed E-state index contributed by atoms with van der Waals surface area (Å²) in [5.41, 5.74) is 3.24. The maximum absolute atomic E-state index is 13.4. The van der Waals surface area contributed by atoms with Crippen molar-refractivity contribution in [3.05, 3.63) is 88.3 Å². The van der Waals surface area contributed by atoms with E-state index in [2.05, 4.69) is 27.1 Å². The summed E-state index contributed by atoms with van der Waals surface area (Å²) in [5.74, 6) is 2.67. The second kappa shape index (κ2) is 10.1. The molecule has 2 aromatic carbocycles. The van der Waals surface area contributed by atoms with Gasteiger partial charge in [0, 0.05) is 29.9 Å². The van der Waals surface area contributed by atoms with Gasteiger partial charge >= 0.3 is 5.97 Å². The molecule has 35 heavy (non-hydrogen) atoms. The minimum Gasteiger partial charge on any atom is -0.478 e. The molecule has 1 aliphatic heterocycles. The van der Waals surface area contributed by atoms with E-state index in [4.69, 9.17) is 0 Å². The van der Waals surface area contributed by atoms with Gasteiger partial charge in [0.2, 0.25) is 0 Å². The van der Waals surface area contributed by atoms with Gasteiger partial charge in [-0.1, -0.05) is 17.9 Å². The van der Waals surface area contributed by atoms with E-state index < -0.39 is 17.6 Å². The summed E-state index contributed by atoms with van der Waals surface area (Å²) in [5, 5.41) is 12.6. The smallest absolute Gasteiger partial charge is 0.337 e. The number of aromatic carboxylic acids is 1. The summed E-state index contributed by atoms with van der Waals surface area (Å²) >= 11 is 0. The lowest BCUT2D eigenvalue weighted by Crippen LogP contribution is -2.34. The van der Waals surface area contributed by atoms with Crippen LogP contribution in [0.15, 0.2) is 59.4 Å². The Bertz CT molecular complexity index is 1450. The number of hydrogen-bond acceptors (Lipinski definition) is 5. The van der Waals surface area contributed by atoms with Crippen LogP contribution in [-0.4, -0.2) is 46.3 Å². The summed E-state index contributed by atoms with van der Waals surface area (Å²) < 4.78 is 26.6. The average Bonchev–Trinajstić information content (AvgIpc) is 2.85. The van der Waals surface area contributed by atoms with E-state index in [9.17, 15) is 23.5 Å². The first kappa shape index (κ1) is 23.6.